The first-order valence-electron chi connectivity index (χ1n) is 3.52. The molecular formula is C9H10ClN. The van der Waals surface area contributed by atoms with Crippen molar-refractivity contribution in [3.05, 3.63) is 27.9 Å². The van der Waals surface area contributed by atoms with Gasteiger partial charge in [0.25, 0.3) is 0 Å². The molecule has 0 unspecified atom stereocenters. The van der Waals surface area contributed by atoms with Crippen molar-refractivity contribution in [3.63, 3.8) is 0 Å². The van der Waals surface area contributed by atoms with E-state index in [9.17, 15) is 0 Å². The molecule has 1 rings (SSSR count). The first-order valence-corrected chi connectivity index (χ1v) is 3.90. The maximum atomic E-state index is 5.92. The predicted molar refractivity (Wildman–Crippen MR) is 48.8 cm³/mol. The van der Waals surface area contributed by atoms with Gasteiger partial charge in [-0.1, -0.05) is 23.8 Å². The van der Waals surface area contributed by atoms with E-state index in [0.717, 1.165) is 15.6 Å². The molecule has 0 aliphatic rings. The summed E-state index contributed by atoms with van der Waals surface area (Å²) in [5.74, 6) is 0. The third kappa shape index (κ3) is 1.60. The SMILES string of the molecule is CC=c1nccc(Cl)c1=CC. The molecule has 11 heavy (non-hydrogen) atoms. The van der Waals surface area contributed by atoms with E-state index in [0.29, 0.717) is 0 Å². The van der Waals surface area contributed by atoms with Gasteiger partial charge in [-0.2, -0.15) is 0 Å². The van der Waals surface area contributed by atoms with Crippen LogP contribution in [-0.2, 0) is 0 Å². The summed E-state index contributed by atoms with van der Waals surface area (Å²) in [6.07, 6.45) is 5.62. The zero-order valence-corrected chi connectivity index (χ0v) is 7.39. The van der Waals surface area contributed by atoms with Crippen LogP contribution in [0.3, 0.4) is 0 Å². The van der Waals surface area contributed by atoms with Crippen molar-refractivity contribution in [3.8, 4) is 0 Å². The van der Waals surface area contributed by atoms with E-state index in [1.807, 2.05) is 26.0 Å². The van der Waals surface area contributed by atoms with Gasteiger partial charge in [0.2, 0.25) is 0 Å². The normalized spacial score (nSPS) is 14.1. The van der Waals surface area contributed by atoms with Gasteiger partial charge in [-0.05, 0) is 19.9 Å². The van der Waals surface area contributed by atoms with Crippen LogP contribution in [0.1, 0.15) is 13.8 Å². The van der Waals surface area contributed by atoms with Crippen LogP contribution in [0.5, 0.6) is 0 Å². The van der Waals surface area contributed by atoms with E-state index < -0.39 is 0 Å². The highest BCUT2D eigenvalue weighted by atomic mass is 35.5. The lowest BCUT2D eigenvalue weighted by molar-refractivity contribution is 1.21. The second-order valence-electron chi connectivity index (χ2n) is 2.17. The molecule has 0 aromatic carbocycles. The lowest BCUT2D eigenvalue weighted by Crippen LogP contribution is -2.27. The molecule has 1 aromatic rings. The van der Waals surface area contributed by atoms with Gasteiger partial charge in [-0.3, -0.25) is 4.98 Å². The lowest BCUT2D eigenvalue weighted by Gasteiger charge is -1.90. The molecule has 2 heteroatoms. The molecule has 0 atom stereocenters. The summed E-state index contributed by atoms with van der Waals surface area (Å²) in [5.41, 5.74) is 0. The lowest BCUT2D eigenvalue weighted by atomic mass is 10.3. The van der Waals surface area contributed by atoms with Gasteiger partial charge in [0.05, 0.1) is 10.4 Å². The van der Waals surface area contributed by atoms with Gasteiger partial charge in [0.15, 0.2) is 0 Å². The molecule has 0 spiro atoms. The quantitative estimate of drug-likeness (QED) is 0.568. The van der Waals surface area contributed by atoms with Crippen molar-refractivity contribution < 1.29 is 0 Å². The summed E-state index contributed by atoms with van der Waals surface area (Å²) in [6, 6.07) is 1.80. The van der Waals surface area contributed by atoms with Crippen LogP contribution in [-0.4, -0.2) is 4.98 Å². The smallest absolute Gasteiger partial charge is 0.0670 e. The average molecular weight is 168 g/mol. The number of nitrogens with zero attached hydrogens (tertiary/aromatic N) is 1. The summed E-state index contributed by atoms with van der Waals surface area (Å²) in [5, 5.41) is 2.72. The molecule has 1 aromatic heterocycles. The van der Waals surface area contributed by atoms with Crippen LogP contribution < -0.4 is 10.6 Å². The highest BCUT2D eigenvalue weighted by molar-refractivity contribution is 6.30. The second-order valence-corrected chi connectivity index (χ2v) is 2.58. The molecule has 0 aliphatic carbocycles. The van der Waals surface area contributed by atoms with Crippen molar-refractivity contribution in [2.45, 2.75) is 13.8 Å². The van der Waals surface area contributed by atoms with Crippen molar-refractivity contribution >= 4 is 23.8 Å². The Morgan fingerprint density at radius 3 is 2.55 bits per heavy atom. The zero-order chi connectivity index (χ0) is 8.27. The second kappa shape index (κ2) is 3.54. The fourth-order valence-electron chi connectivity index (χ4n) is 0.980. The molecule has 0 aliphatic heterocycles. The summed E-state index contributed by atoms with van der Waals surface area (Å²) in [7, 11) is 0. The Balaban J connectivity index is 3.65. The molecule has 0 saturated heterocycles. The van der Waals surface area contributed by atoms with Gasteiger partial charge in [0.1, 0.15) is 0 Å². The maximum absolute atomic E-state index is 5.92. The zero-order valence-electron chi connectivity index (χ0n) is 6.63. The number of hydrogen-bond donors (Lipinski definition) is 0. The van der Waals surface area contributed by atoms with E-state index in [1.54, 1.807) is 12.3 Å². The van der Waals surface area contributed by atoms with Crippen molar-refractivity contribution in [2.24, 2.45) is 0 Å². The van der Waals surface area contributed by atoms with E-state index in [1.165, 1.54) is 0 Å². The van der Waals surface area contributed by atoms with Gasteiger partial charge in [0, 0.05) is 11.4 Å². The van der Waals surface area contributed by atoms with Crippen LogP contribution in [0.25, 0.3) is 12.2 Å². The van der Waals surface area contributed by atoms with Crippen molar-refractivity contribution in [1.82, 2.24) is 4.98 Å². The Bertz CT molecular complexity index is 354. The maximum Gasteiger partial charge on any atom is 0.0670 e. The number of hydrogen-bond acceptors (Lipinski definition) is 1. The number of rotatable bonds is 0. The molecule has 0 bridgehead atoms. The summed E-state index contributed by atoms with van der Waals surface area (Å²) in [4.78, 5) is 4.16. The standard InChI is InChI=1S/C9H10ClN/c1-3-7-8(10)5-6-11-9(7)4-2/h3-6H,1-2H3. The van der Waals surface area contributed by atoms with Crippen LogP contribution in [0, 0.1) is 0 Å². The fourth-order valence-corrected chi connectivity index (χ4v) is 1.24. The van der Waals surface area contributed by atoms with Gasteiger partial charge >= 0.3 is 0 Å². The molecule has 1 nitrogen and oxygen atoms in total. The Morgan fingerprint density at radius 2 is 2.09 bits per heavy atom. The Hall–Kier alpha value is -0.820. The molecule has 0 radical (unpaired) electrons. The van der Waals surface area contributed by atoms with E-state index in [-0.39, 0.29) is 0 Å². The molecular weight excluding hydrogens is 158 g/mol. The van der Waals surface area contributed by atoms with Crippen LogP contribution >= 0.6 is 11.6 Å². The molecule has 0 saturated carbocycles. The van der Waals surface area contributed by atoms with Gasteiger partial charge < -0.3 is 0 Å². The molecule has 58 valence electrons. The minimum Gasteiger partial charge on any atom is -0.257 e. The van der Waals surface area contributed by atoms with Gasteiger partial charge in [-0.15, -0.1) is 0 Å². The summed E-state index contributed by atoms with van der Waals surface area (Å²) >= 11 is 5.92. The Kier molecular flexibility index (Phi) is 2.66. The fraction of sp³-hybridized carbons (Fsp3) is 0.222. The molecule has 0 N–H and O–H groups in total. The molecule has 1 heterocycles. The topological polar surface area (TPSA) is 12.9 Å². The van der Waals surface area contributed by atoms with Crippen molar-refractivity contribution in [2.75, 3.05) is 0 Å². The predicted octanol–water partition coefficient (Wildman–Crippen LogP) is 1.34. The van der Waals surface area contributed by atoms with Crippen LogP contribution in [0.2, 0.25) is 5.02 Å². The van der Waals surface area contributed by atoms with Crippen LogP contribution in [0.15, 0.2) is 12.3 Å². The first-order chi connectivity index (χ1) is 5.29. The van der Waals surface area contributed by atoms with Crippen LogP contribution in [0.4, 0.5) is 0 Å². The highest BCUT2D eigenvalue weighted by Crippen LogP contribution is 1.94. The molecule has 0 amide bonds. The molecule has 0 fully saturated rings. The minimum atomic E-state index is 0.760. The number of halogens is 1. The average Bonchev–Trinajstić information content (AvgIpc) is 2.04. The summed E-state index contributed by atoms with van der Waals surface area (Å²) in [6.45, 7) is 3.90. The Morgan fingerprint density at radius 1 is 1.36 bits per heavy atom. The first kappa shape index (κ1) is 8.28. The monoisotopic (exact) mass is 167 g/mol. The third-order valence-electron chi connectivity index (χ3n) is 1.53. The van der Waals surface area contributed by atoms with Crippen molar-refractivity contribution in [1.29, 1.82) is 0 Å². The summed E-state index contributed by atoms with van der Waals surface area (Å²) < 4.78 is 0. The third-order valence-corrected chi connectivity index (χ3v) is 1.86. The van der Waals surface area contributed by atoms with E-state index in [4.69, 9.17) is 11.6 Å². The highest BCUT2D eigenvalue weighted by Gasteiger charge is 1.89. The number of pyridine rings is 1. The Labute approximate surface area is 71.0 Å². The largest absolute Gasteiger partial charge is 0.257 e. The van der Waals surface area contributed by atoms with E-state index in [2.05, 4.69) is 4.98 Å². The minimum absolute atomic E-state index is 0.760. The number of aromatic nitrogens is 1. The van der Waals surface area contributed by atoms with E-state index >= 15 is 0 Å². The van der Waals surface area contributed by atoms with Gasteiger partial charge in [-0.25, -0.2) is 0 Å².